The van der Waals surface area contributed by atoms with Gasteiger partial charge in [-0.25, -0.2) is 0 Å². The average Bonchev–Trinajstić information content (AvgIpc) is 2.61. The van der Waals surface area contributed by atoms with Gasteiger partial charge in [-0.1, -0.05) is 23.8 Å². The van der Waals surface area contributed by atoms with Crippen molar-refractivity contribution in [3.63, 3.8) is 0 Å². The molecule has 0 spiro atoms. The summed E-state index contributed by atoms with van der Waals surface area (Å²) in [6, 6.07) is 13.3. The molecule has 5 nitrogen and oxygen atoms in total. The van der Waals surface area contributed by atoms with Crippen molar-refractivity contribution in [1.29, 1.82) is 0 Å². The van der Waals surface area contributed by atoms with E-state index in [9.17, 15) is 9.59 Å². The van der Waals surface area contributed by atoms with Crippen LogP contribution in [0.4, 0.5) is 0 Å². The summed E-state index contributed by atoms with van der Waals surface area (Å²) in [7, 11) is 1.60. The zero-order valence-electron chi connectivity index (χ0n) is 15.2. The largest absolute Gasteiger partial charge is 0.497 e. The first-order valence-corrected chi connectivity index (χ1v) is 8.49. The number of carbonyl (C=O) groups is 1. The van der Waals surface area contributed by atoms with Gasteiger partial charge in [-0.15, -0.1) is 0 Å². The molecule has 1 amide bonds. The fourth-order valence-corrected chi connectivity index (χ4v) is 3.05. The minimum Gasteiger partial charge on any atom is -0.497 e. The van der Waals surface area contributed by atoms with Crippen molar-refractivity contribution in [3.8, 4) is 5.75 Å². The van der Waals surface area contributed by atoms with E-state index >= 15 is 0 Å². The number of hydrogen-bond donors (Lipinski definition) is 2. The highest BCUT2D eigenvalue weighted by molar-refractivity contribution is 5.83. The number of hydrogen-bond acceptors (Lipinski definition) is 3. The molecule has 0 fully saturated rings. The Labute approximate surface area is 152 Å². The molecule has 0 radical (unpaired) electrons. The van der Waals surface area contributed by atoms with E-state index in [0.717, 1.165) is 33.3 Å². The number of amides is 1. The Morgan fingerprint density at radius 2 is 1.85 bits per heavy atom. The minimum atomic E-state index is -0.172. The number of carbonyl (C=O) groups excluding carboxylic acids is 1. The van der Waals surface area contributed by atoms with E-state index < -0.39 is 0 Å². The minimum absolute atomic E-state index is 0.130. The predicted octanol–water partition coefficient (Wildman–Crippen LogP) is 3.01. The van der Waals surface area contributed by atoms with E-state index in [4.69, 9.17) is 4.74 Å². The van der Waals surface area contributed by atoms with Crippen LogP contribution in [0.25, 0.3) is 10.9 Å². The molecular formula is C21H22N2O3. The molecule has 0 saturated heterocycles. The number of fused-ring (bicyclic) bond motifs is 1. The maximum atomic E-state index is 12.3. The monoisotopic (exact) mass is 350 g/mol. The first-order valence-electron chi connectivity index (χ1n) is 8.49. The van der Waals surface area contributed by atoms with Gasteiger partial charge in [0.25, 0.3) is 5.56 Å². The predicted molar refractivity (Wildman–Crippen MR) is 103 cm³/mol. The molecule has 0 aliphatic heterocycles. The van der Waals surface area contributed by atoms with Gasteiger partial charge >= 0.3 is 0 Å². The van der Waals surface area contributed by atoms with Crippen LogP contribution >= 0.6 is 0 Å². The van der Waals surface area contributed by atoms with Crippen LogP contribution in [0.1, 0.15) is 22.3 Å². The Bertz CT molecular complexity index is 1000. The molecule has 0 unspecified atom stereocenters. The number of pyridine rings is 1. The van der Waals surface area contributed by atoms with Gasteiger partial charge < -0.3 is 15.0 Å². The third kappa shape index (κ3) is 3.94. The fraction of sp³-hybridized carbons (Fsp3) is 0.238. The maximum absolute atomic E-state index is 12.3. The summed E-state index contributed by atoms with van der Waals surface area (Å²) in [5, 5.41) is 3.79. The zero-order chi connectivity index (χ0) is 18.7. The highest BCUT2D eigenvalue weighted by atomic mass is 16.5. The molecule has 1 heterocycles. The van der Waals surface area contributed by atoms with Crippen molar-refractivity contribution in [3.05, 3.63) is 75.1 Å². The highest BCUT2D eigenvalue weighted by Crippen LogP contribution is 2.18. The molecule has 134 valence electrons. The van der Waals surface area contributed by atoms with E-state index in [2.05, 4.69) is 10.3 Å². The Morgan fingerprint density at radius 1 is 1.12 bits per heavy atom. The maximum Gasteiger partial charge on any atom is 0.253 e. The standard InChI is InChI=1S/C21H22N2O3/c1-13-8-14(2)20-16(9-13)11-17(21(25)23-20)12-22-19(24)10-15-4-6-18(26-3)7-5-15/h4-9,11H,10,12H2,1-3H3,(H,22,24)(H,23,25). The fourth-order valence-electron chi connectivity index (χ4n) is 3.05. The summed E-state index contributed by atoms with van der Waals surface area (Å²) >= 11 is 0. The van der Waals surface area contributed by atoms with Crippen molar-refractivity contribution < 1.29 is 9.53 Å². The number of benzene rings is 2. The Hall–Kier alpha value is -3.08. The molecule has 3 aromatic rings. The van der Waals surface area contributed by atoms with Gasteiger partial charge in [-0.2, -0.15) is 0 Å². The molecule has 2 aromatic carbocycles. The Kier molecular flexibility index (Phi) is 5.07. The van der Waals surface area contributed by atoms with Crippen LogP contribution < -0.4 is 15.6 Å². The summed E-state index contributed by atoms with van der Waals surface area (Å²) in [6.45, 7) is 4.20. The van der Waals surface area contributed by atoms with Gasteiger partial charge in [0.15, 0.2) is 0 Å². The van der Waals surface area contributed by atoms with Crippen LogP contribution in [-0.2, 0) is 17.8 Å². The van der Waals surface area contributed by atoms with Gasteiger partial charge in [-0.3, -0.25) is 9.59 Å². The number of aryl methyl sites for hydroxylation is 2. The molecular weight excluding hydrogens is 328 g/mol. The van der Waals surface area contributed by atoms with Crippen LogP contribution in [0.15, 0.2) is 47.3 Å². The zero-order valence-corrected chi connectivity index (χ0v) is 15.2. The Morgan fingerprint density at radius 3 is 2.54 bits per heavy atom. The molecule has 0 saturated carbocycles. The SMILES string of the molecule is COc1ccc(CC(=O)NCc2cc3cc(C)cc(C)c3[nH]c2=O)cc1. The second-order valence-corrected chi connectivity index (χ2v) is 6.47. The van der Waals surface area contributed by atoms with Crippen LogP contribution in [0.5, 0.6) is 5.75 Å². The van der Waals surface area contributed by atoms with Crippen molar-refractivity contribution >= 4 is 16.8 Å². The molecule has 0 atom stereocenters. The summed E-state index contributed by atoms with van der Waals surface area (Å²) in [5.74, 6) is 0.623. The number of aromatic amines is 1. The molecule has 1 aromatic heterocycles. The van der Waals surface area contributed by atoms with Crippen LogP contribution in [-0.4, -0.2) is 18.0 Å². The van der Waals surface area contributed by atoms with E-state index in [1.165, 1.54) is 0 Å². The molecule has 26 heavy (non-hydrogen) atoms. The van der Waals surface area contributed by atoms with Crippen molar-refractivity contribution in [1.82, 2.24) is 10.3 Å². The summed E-state index contributed by atoms with van der Waals surface area (Å²) in [5.41, 5.74) is 4.28. The van der Waals surface area contributed by atoms with Crippen molar-refractivity contribution in [2.45, 2.75) is 26.8 Å². The molecule has 0 bridgehead atoms. The van der Waals surface area contributed by atoms with E-state index in [1.807, 2.05) is 56.3 Å². The summed E-state index contributed by atoms with van der Waals surface area (Å²) < 4.78 is 5.11. The number of methoxy groups -OCH3 is 1. The summed E-state index contributed by atoms with van der Waals surface area (Å²) in [6.07, 6.45) is 0.258. The molecule has 0 aliphatic carbocycles. The van der Waals surface area contributed by atoms with E-state index in [1.54, 1.807) is 7.11 Å². The Balaban J connectivity index is 1.71. The van der Waals surface area contributed by atoms with Crippen molar-refractivity contribution in [2.75, 3.05) is 7.11 Å². The van der Waals surface area contributed by atoms with Gasteiger partial charge in [0.05, 0.1) is 19.0 Å². The first-order chi connectivity index (χ1) is 12.5. The number of ether oxygens (including phenoxy) is 1. The summed E-state index contributed by atoms with van der Waals surface area (Å²) in [4.78, 5) is 27.4. The quantitative estimate of drug-likeness (QED) is 0.743. The number of H-pyrrole nitrogens is 1. The lowest BCUT2D eigenvalue weighted by atomic mass is 10.1. The first kappa shape index (κ1) is 17.7. The second kappa shape index (κ2) is 7.44. The lowest BCUT2D eigenvalue weighted by Gasteiger charge is -2.09. The third-order valence-electron chi connectivity index (χ3n) is 4.37. The smallest absolute Gasteiger partial charge is 0.253 e. The van der Waals surface area contributed by atoms with Crippen molar-refractivity contribution in [2.24, 2.45) is 0 Å². The second-order valence-electron chi connectivity index (χ2n) is 6.47. The van der Waals surface area contributed by atoms with Gasteiger partial charge in [0, 0.05) is 12.1 Å². The number of aromatic nitrogens is 1. The third-order valence-corrected chi connectivity index (χ3v) is 4.37. The van der Waals surface area contributed by atoms with Gasteiger partial charge in [0.2, 0.25) is 5.91 Å². The lowest BCUT2D eigenvalue weighted by Crippen LogP contribution is -2.28. The molecule has 2 N–H and O–H groups in total. The number of rotatable bonds is 5. The highest BCUT2D eigenvalue weighted by Gasteiger charge is 2.08. The van der Waals surface area contributed by atoms with E-state index in [0.29, 0.717) is 5.56 Å². The molecule has 0 aliphatic rings. The molecule has 5 heteroatoms. The van der Waals surface area contributed by atoms with Gasteiger partial charge in [0.1, 0.15) is 5.75 Å². The van der Waals surface area contributed by atoms with Crippen LogP contribution in [0, 0.1) is 13.8 Å². The van der Waals surface area contributed by atoms with Crippen LogP contribution in [0.2, 0.25) is 0 Å². The normalized spacial score (nSPS) is 10.7. The van der Waals surface area contributed by atoms with E-state index in [-0.39, 0.29) is 24.4 Å². The topological polar surface area (TPSA) is 71.2 Å². The lowest BCUT2D eigenvalue weighted by molar-refractivity contribution is -0.120. The number of nitrogens with one attached hydrogen (secondary N) is 2. The van der Waals surface area contributed by atoms with Gasteiger partial charge in [-0.05, 0) is 54.6 Å². The van der Waals surface area contributed by atoms with Crippen LogP contribution in [0.3, 0.4) is 0 Å². The average molecular weight is 350 g/mol. The molecule has 3 rings (SSSR count).